The van der Waals surface area contributed by atoms with Crippen molar-refractivity contribution in [1.82, 2.24) is 14.7 Å². The molecule has 3 rings (SSSR count). The summed E-state index contributed by atoms with van der Waals surface area (Å²) < 4.78 is 2.91. The Labute approximate surface area is 199 Å². The first kappa shape index (κ1) is 23.5. The van der Waals surface area contributed by atoms with Gasteiger partial charge in [-0.1, -0.05) is 59.8 Å². The van der Waals surface area contributed by atoms with Crippen LogP contribution in [-0.4, -0.2) is 45.8 Å². The first-order chi connectivity index (χ1) is 14.9. The molecule has 0 unspecified atom stereocenters. The number of hydrogen-bond donors (Lipinski definition) is 1. The zero-order valence-electron chi connectivity index (χ0n) is 17.0. The molecule has 6 nitrogen and oxygen atoms in total. The summed E-state index contributed by atoms with van der Waals surface area (Å²) in [6, 6.07) is 14.8. The molecule has 0 radical (unpaired) electrons. The van der Waals surface area contributed by atoms with Crippen molar-refractivity contribution >= 4 is 64.4 Å². The molecule has 0 bridgehead atoms. The van der Waals surface area contributed by atoms with E-state index < -0.39 is 0 Å². The molecule has 1 N–H and O–H groups in total. The Morgan fingerprint density at radius 3 is 2.65 bits per heavy atom. The highest BCUT2D eigenvalue weighted by molar-refractivity contribution is 8.01. The summed E-state index contributed by atoms with van der Waals surface area (Å²) in [7, 11) is 1.61. The molecule has 162 valence electrons. The molecule has 0 saturated carbocycles. The summed E-state index contributed by atoms with van der Waals surface area (Å²) in [6.07, 6.45) is 0.816. The van der Waals surface area contributed by atoms with Gasteiger partial charge in [0.25, 0.3) is 0 Å². The SMILES string of the molecule is CCc1ccccc1NC(=O)CN(C)C(=O)CSc1nn(-c2ccc(Cl)cc2)c(=S)s1. The Kier molecular flexibility index (Phi) is 8.25. The molecule has 0 aliphatic heterocycles. The molecule has 0 saturated heterocycles. The highest BCUT2D eigenvalue weighted by atomic mass is 35.5. The van der Waals surface area contributed by atoms with Crippen molar-refractivity contribution in [1.29, 1.82) is 0 Å². The van der Waals surface area contributed by atoms with Crippen molar-refractivity contribution < 1.29 is 9.59 Å². The zero-order chi connectivity index (χ0) is 22.4. The first-order valence-electron chi connectivity index (χ1n) is 9.48. The van der Waals surface area contributed by atoms with Crippen LogP contribution in [0.4, 0.5) is 5.69 Å². The van der Waals surface area contributed by atoms with Gasteiger partial charge in [-0.15, -0.1) is 5.10 Å². The van der Waals surface area contributed by atoms with Crippen molar-refractivity contribution in [3.05, 3.63) is 63.1 Å². The van der Waals surface area contributed by atoms with E-state index in [2.05, 4.69) is 10.4 Å². The van der Waals surface area contributed by atoms with Gasteiger partial charge in [0.05, 0.1) is 18.0 Å². The number of halogens is 1. The highest BCUT2D eigenvalue weighted by Gasteiger charge is 2.16. The van der Waals surface area contributed by atoms with E-state index in [1.165, 1.54) is 28.0 Å². The molecule has 0 spiro atoms. The van der Waals surface area contributed by atoms with E-state index in [0.717, 1.165) is 23.4 Å². The average Bonchev–Trinajstić information content (AvgIpc) is 3.13. The zero-order valence-corrected chi connectivity index (χ0v) is 20.2. The maximum Gasteiger partial charge on any atom is 0.243 e. The van der Waals surface area contributed by atoms with Crippen molar-refractivity contribution in [3.8, 4) is 5.69 Å². The lowest BCUT2D eigenvalue weighted by molar-refractivity contribution is -0.131. The first-order valence-corrected chi connectivity index (χ1v) is 12.1. The van der Waals surface area contributed by atoms with Gasteiger partial charge in [-0.25, -0.2) is 4.68 Å². The van der Waals surface area contributed by atoms with Gasteiger partial charge >= 0.3 is 0 Å². The number of nitrogens with zero attached hydrogens (tertiary/aromatic N) is 3. The predicted molar refractivity (Wildman–Crippen MR) is 130 cm³/mol. The fraction of sp³-hybridized carbons (Fsp3) is 0.238. The number of likely N-dealkylation sites (N-methyl/N-ethyl adjacent to an activating group) is 1. The van der Waals surface area contributed by atoms with Gasteiger partial charge < -0.3 is 10.2 Å². The van der Waals surface area contributed by atoms with Crippen LogP contribution in [0.2, 0.25) is 5.02 Å². The van der Waals surface area contributed by atoms with Gasteiger partial charge in [-0.05, 0) is 54.5 Å². The molecule has 2 aromatic carbocycles. The number of para-hydroxylation sites is 1. The summed E-state index contributed by atoms with van der Waals surface area (Å²) in [5.74, 6) is -0.231. The number of anilines is 1. The van der Waals surface area contributed by atoms with E-state index >= 15 is 0 Å². The van der Waals surface area contributed by atoms with E-state index in [-0.39, 0.29) is 24.1 Å². The van der Waals surface area contributed by atoms with Crippen molar-refractivity contribution in [3.63, 3.8) is 0 Å². The van der Waals surface area contributed by atoms with Crippen LogP contribution in [0.5, 0.6) is 0 Å². The van der Waals surface area contributed by atoms with Crippen LogP contribution in [0, 0.1) is 3.95 Å². The molecular formula is C21H21ClN4O2S3. The van der Waals surface area contributed by atoms with E-state index in [1.54, 1.807) is 23.9 Å². The molecule has 0 atom stereocenters. The number of carbonyl (C=O) groups is 2. The number of benzene rings is 2. The lowest BCUT2D eigenvalue weighted by atomic mass is 10.1. The molecule has 0 aliphatic rings. The monoisotopic (exact) mass is 492 g/mol. The summed E-state index contributed by atoms with van der Waals surface area (Å²) in [5, 5.41) is 7.99. The van der Waals surface area contributed by atoms with Crippen LogP contribution < -0.4 is 5.32 Å². The van der Waals surface area contributed by atoms with Gasteiger partial charge in [-0.3, -0.25) is 9.59 Å². The predicted octanol–water partition coefficient (Wildman–Crippen LogP) is 5.07. The van der Waals surface area contributed by atoms with Gasteiger partial charge in [-0.2, -0.15) is 0 Å². The lowest BCUT2D eigenvalue weighted by Crippen LogP contribution is -2.36. The maximum absolute atomic E-state index is 12.5. The Morgan fingerprint density at radius 2 is 1.94 bits per heavy atom. The molecule has 0 aliphatic carbocycles. The standard InChI is InChI=1S/C21H21ClN4O2S3/c1-3-14-6-4-5-7-17(14)23-18(27)12-25(2)19(28)13-30-20-24-26(21(29)31-20)16-10-8-15(22)9-11-16/h4-11H,3,12-13H2,1-2H3,(H,23,27). The minimum atomic E-state index is -0.232. The Bertz CT molecular complexity index is 1130. The molecule has 3 aromatic rings. The minimum absolute atomic E-state index is 0.0215. The summed E-state index contributed by atoms with van der Waals surface area (Å²) in [4.78, 5) is 26.2. The highest BCUT2D eigenvalue weighted by Crippen LogP contribution is 2.25. The second kappa shape index (κ2) is 10.9. The number of thioether (sulfide) groups is 1. The molecule has 0 fully saturated rings. The van der Waals surface area contributed by atoms with Gasteiger partial charge in [0, 0.05) is 17.8 Å². The van der Waals surface area contributed by atoms with Crippen molar-refractivity contribution in [2.75, 3.05) is 24.7 Å². The second-order valence-electron chi connectivity index (χ2n) is 6.62. The Morgan fingerprint density at radius 1 is 1.23 bits per heavy atom. The van der Waals surface area contributed by atoms with E-state index in [9.17, 15) is 9.59 Å². The van der Waals surface area contributed by atoms with Crippen LogP contribution in [0.15, 0.2) is 52.9 Å². The smallest absolute Gasteiger partial charge is 0.243 e. The second-order valence-corrected chi connectivity index (χ2v) is 9.90. The topological polar surface area (TPSA) is 67.2 Å². The molecule has 10 heteroatoms. The van der Waals surface area contributed by atoms with Crippen molar-refractivity contribution in [2.24, 2.45) is 0 Å². The largest absolute Gasteiger partial charge is 0.336 e. The minimum Gasteiger partial charge on any atom is -0.336 e. The normalized spacial score (nSPS) is 10.7. The Balaban J connectivity index is 1.54. The summed E-state index contributed by atoms with van der Waals surface area (Å²) >= 11 is 13.9. The molecule has 1 heterocycles. The third-order valence-corrected chi connectivity index (χ3v) is 7.00. The number of nitrogens with one attached hydrogen (secondary N) is 1. The van der Waals surface area contributed by atoms with Gasteiger partial charge in [0.1, 0.15) is 0 Å². The van der Waals surface area contributed by atoms with Crippen molar-refractivity contribution in [2.45, 2.75) is 17.7 Å². The fourth-order valence-corrected chi connectivity index (χ4v) is 5.17. The van der Waals surface area contributed by atoms with Crippen LogP contribution in [-0.2, 0) is 16.0 Å². The molecule has 31 heavy (non-hydrogen) atoms. The summed E-state index contributed by atoms with van der Waals surface area (Å²) in [6.45, 7) is 2.01. The third-order valence-electron chi connectivity index (χ3n) is 4.40. The van der Waals surface area contributed by atoms with Crippen LogP contribution >= 0.6 is 46.9 Å². The van der Waals surface area contributed by atoms with E-state index in [4.69, 9.17) is 23.8 Å². The lowest BCUT2D eigenvalue weighted by Gasteiger charge is -2.17. The number of aromatic nitrogens is 2. The average molecular weight is 493 g/mol. The van der Waals surface area contributed by atoms with Gasteiger partial charge in [0.15, 0.2) is 8.29 Å². The van der Waals surface area contributed by atoms with Crippen LogP contribution in [0.25, 0.3) is 5.69 Å². The molecule has 1 aromatic heterocycles. The molecule has 2 amide bonds. The van der Waals surface area contributed by atoms with E-state index in [1.807, 2.05) is 43.3 Å². The van der Waals surface area contributed by atoms with Crippen LogP contribution in [0.1, 0.15) is 12.5 Å². The van der Waals surface area contributed by atoms with Crippen LogP contribution in [0.3, 0.4) is 0 Å². The fourth-order valence-electron chi connectivity index (χ4n) is 2.74. The number of amides is 2. The number of carbonyl (C=O) groups excluding carboxylic acids is 2. The van der Waals surface area contributed by atoms with Gasteiger partial charge in [0.2, 0.25) is 11.8 Å². The number of rotatable bonds is 8. The third kappa shape index (κ3) is 6.39. The number of hydrogen-bond acceptors (Lipinski definition) is 6. The molecular weight excluding hydrogens is 472 g/mol. The quantitative estimate of drug-likeness (QED) is 0.351. The number of aryl methyl sites for hydroxylation is 1. The Hall–Kier alpha value is -2.20. The summed E-state index contributed by atoms with van der Waals surface area (Å²) in [5.41, 5.74) is 2.64. The maximum atomic E-state index is 12.5. The van der Waals surface area contributed by atoms with E-state index in [0.29, 0.717) is 13.3 Å².